The average Bonchev–Trinajstić information content (AvgIpc) is 1.84. The Morgan fingerprint density at radius 2 is 2.10 bits per heavy atom. The fourth-order valence-corrected chi connectivity index (χ4v) is 1.35. The summed E-state index contributed by atoms with van der Waals surface area (Å²) < 4.78 is 0. The number of thioether (sulfide) groups is 1. The Labute approximate surface area is 64.9 Å². The minimum absolute atomic E-state index is 0.549. The molecule has 1 rings (SSSR count). The molecule has 0 aromatic rings. The van der Waals surface area contributed by atoms with Crippen molar-refractivity contribution in [2.75, 3.05) is 0 Å². The highest BCUT2D eigenvalue weighted by molar-refractivity contribution is 8.07. The molecule has 0 amide bonds. The highest BCUT2D eigenvalue weighted by Crippen LogP contribution is 2.30. The SMILES string of the molecule is C=C1SC(C)=C(C)N=C1N. The Bertz CT molecular complexity index is 238. The van der Waals surface area contributed by atoms with Gasteiger partial charge in [-0.2, -0.15) is 0 Å². The average molecular weight is 154 g/mol. The van der Waals surface area contributed by atoms with Crippen molar-refractivity contribution in [2.24, 2.45) is 10.7 Å². The topological polar surface area (TPSA) is 38.4 Å². The molecule has 3 heteroatoms. The second kappa shape index (κ2) is 2.50. The molecule has 0 aromatic heterocycles. The number of hydrogen-bond donors (Lipinski definition) is 1. The molecule has 0 saturated carbocycles. The first-order valence-electron chi connectivity index (χ1n) is 3.00. The summed E-state index contributed by atoms with van der Waals surface area (Å²) in [5.41, 5.74) is 6.52. The molecule has 1 heterocycles. The van der Waals surface area contributed by atoms with Gasteiger partial charge in [-0.05, 0) is 13.8 Å². The number of amidine groups is 1. The van der Waals surface area contributed by atoms with Gasteiger partial charge >= 0.3 is 0 Å². The van der Waals surface area contributed by atoms with Gasteiger partial charge in [0.05, 0.1) is 0 Å². The summed E-state index contributed by atoms with van der Waals surface area (Å²) in [6.07, 6.45) is 0. The van der Waals surface area contributed by atoms with Crippen molar-refractivity contribution in [3.05, 3.63) is 22.1 Å². The number of nitrogens with zero attached hydrogens (tertiary/aromatic N) is 1. The van der Waals surface area contributed by atoms with Crippen LogP contribution in [-0.2, 0) is 0 Å². The largest absolute Gasteiger partial charge is 0.383 e. The van der Waals surface area contributed by atoms with Crippen molar-refractivity contribution in [1.29, 1.82) is 0 Å². The molecule has 10 heavy (non-hydrogen) atoms. The van der Waals surface area contributed by atoms with Gasteiger partial charge in [0.1, 0.15) is 5.84 Å². The van der Waals surface area contributed by atoms with E-state index in [0.717, 1.165) is 10.6 Å². The summed E-state index contributed by atoms with van der Waals surface area (Å²) in [5, 5.41) is 0. The van der Waals surface area contributed by atoms with Crippen LogP contribution in [0.1, 0.15) is 13.8 Å². The summed E-state index contributed by atoms with van der Waals surface area (Å²) in [6, 6.07) is 0. The summed E-state index contributed by atoms with van der Waals surface area (Å²) in [4.78, 5) is 6.13. The summed E-state index contributed by atoms with van der Waals surface area (Å²) in [5.74, 6) is 0.549. The molecule has 0 aliphatic carbocycles. The van der Waals surface area contributed by atoms with Crippen LogP contribution in [0.3, 0.4) is 0 Å². The molecule has 1 aliphatic heterocycles. The predicted molar refractivity (Wildman–Crippen MR) is 46.7 cm³/mol. The van der Waals surface area contributed by atoms with Crippen molar-refractivity contribution in [2.45, 2.75) is 13.8 Å². The van der Waals surface area contributed by atoms with E-state index in [0.29, 0.717) is 5.84 Å². The molecule has 1 aliphatic rings. The first kappa shape index (κ1) is 7.41. The monoisotopic (exact) mass is 154 g/mol. The minimum atomic E-state index is 0.549. The van der Waals surface area contributed by atoms with E-state index in [-0.39, 0.29) is 0 Å². The van der Waals surface area contributed by atoms with Crippen LogP contribution >= 0.6 is 11.8 Å². The minimum Gasteiger partial charge on any atom is -0.383 e. The molecule has 0 atom stereocenters. The second-order valence-electron chi connectivity index (χ2n) is 2.16. The normalized spacial score (nSPS) is 19.4. The lowest BCUT2D eigenvalue weighted by atomic mass is 10.4. The van der Waals surface area contributed by atoms with Crippen LogP contribution in [-0.4, -0.2) is 5.84 Å². The lowest BCUT2D eigenvalue weighted by molar-refractivity contribution is 1.25. The van der Waals surface area contributed by atoms with Crippen molar-refractivity contribution in [3.63, 3.8) is 0 Å². The fraction of sp³-hybridized carbons (Fsp3) is 0.286. The standard InChI is InChI=1S/C7H10N2S/c1-4-5(2)10-6(3)7(8)9-4/h3H2,1-2H3,(H2,8,9). The Hall–Kier alpha value is -0.700. The Kier molecular flexibility index (Phi) is 1.85. The van der Waals surface area contributed by atoms with Gasteiger partial charge in [-0.25, -0.2) is 4.99 Å². The zero-order valence-corrected chi connectivity index (χ0v) is 6.96. The van der Waals surface area contributed by atoms with E-state index in [4.69, 9.17) is 5.73 Å². The quantitative estimate of drug-likeness (QED) is 0.578. The van der Waals surface area contributed by atoms with Crippen LogP contribution in [0.2, 0.25) is 0 Å². The van der Waals surface area contributed by atoms with Gasteiger partial charge in [0.15, 0.2) is 0 Å². The highest BCUT2D eigenvalue weighted by atomic mass is 32.2. The maximum Gasteiger partial charge on any atom is 0.137 e. The maximum absolute atomic E-state index is 5.53. The first-order chi connectivity index (χ1) is 4.61. The highest BCUT2D eigenvalue weighted by Gasteiger charge is 2.09. The molecule has 0 aromatic carbocycles. The van der Waals surface area contributed by atoms with Crippen molar-refractivity contribution in [1.82, 2.24) is 0 Å². The zero-order valence-electron chi connectivity index (χ0n) is 6.14. The molecular weight excluding hydrogens is 144 g/mol. The molecule has 0 bridgehead atoms. The van der Waals surface area contributed by atoms with Gasteiger partial charge in [0.2, 0.25) is 0 Å². The van der Waals surface area contributed by atoms with E-state index in [1.54, 1.807) is 11.8 Å². The van der Waals surface area contributed by atoms with Crippen molar-refractivity contribution in [3.8, 4) is 0 Å². The Morgan fingerprint density at radius 1 is 1.50 bits per heavy atom. The van der Waals surface area contributed by atoms with Gasteiger partial charge in [0.25, 0.3) is 0 Å². The van der Waals surface area contributed by atoms with E-state index in [1.165, 1.54) is 4.91 Å². The predicted octanol–water partition coefficient (Wildman–Crippen LogP) is 1.86. The van der Waals surface area contributed by atoms with Crippen molar-refractivity contribution < 1.29 is 0 Å². The second-order valence-corrected chi connectivity index (χ2v) is 3.47. The van der Waals surface area contributed by atoms with Crippen LogP contribution in [0.5, 0.6) is 0 Å². The molecule has 2 N–H and O–H groups in total. The van der Waals surface area contributed by atoms with Crippen LogP contribution in [0.25, 0.3) is 0 Å². The molecular formula is C7H10N2S. The number of nitrogens with two attached hydrogens (primary N) is 1. The van der Waals surface area contributed by atoms with Crippen LogP contribution in [0, 0.1) is 0 Å². The molecule has 54 valence electrons. The summed E-state index contributed by atoms with van der Waals surface area (Å²) in [7, 11) is 0. The van der Waals surface area contributed by atoms with Crippen LogP contribution < -0.4 is 5.73 Å². The Morgan fingerprint density at radius 3 is 2.60 bits per heavy atom. The zero-order chi connectivity index (χ0) is 7.72. The Balaban J connectivity index is 2.99. The van der Waals surface area contributed by atoms with Crippen molar-refractivity contribution >= 4 is 17.6 Å². The number of allylic oxidation sites excluding steroid dienone is 2. The smallest absolute Gasteiger partial charge is 0.137 e. The molecule has 0 spiro atoms. The van der Waals surface area contributed by atoms with E-state index < -0.39 is 0 Å². The number of rotatable bonds is 0. The third-order valence-corrected chi connectivity index (χ3v) is 2.42. The van der Waals surface area contributed by atoms with Gasteiger partial charge < -0.3 is 5.73 Å². The van der Waals surface area contributed by atoms with Crippen LogP contribution in [0.15, 0.2) is 27.1 Å². The first-order valence-corrected chi connectivity index (χ1v) is 3.81. The van der Waals surface area contributed by atoms with Gasteiger partial charge in [-0.15, -0.1) is 0 Å². The third kappa shape index (κ3) is 1.24. The fourth-order valence-electron chi connectivity index (χ4n) is 0.633. The summed E-state index contributed by atoms with van der Waals surface area (Å²) >= 11 is 1.59. The van der Waals surface area contributed by atoms with E-state index in [9.17, 15) is 0 Å². The van der Waals surface area contributed by atoms with Gasteiger partial charge in [-0.3, -0.25) is 0 Å². The lowest BCUT2D eigenvalue weighted by Gasteiger charge is -2.12. The van der Waals surface area contributed by atoms with E-state index in [1.807, 2.05) is 13.8 Å². The van der Waals surface area contributed by atoms with E-state index >= 15 is 0 Å². The van der Waals surface area contributed by atoms with Crippen LogP contribution in [0.4, 0.5) is 0 Å². The van der Waals surface area contributed by atoms with Gasteiger partial charge in [-0.1, -0.05) is 18.3 Å². The lowest BCUT2D eigenvalue weighted by Crippen LogP contribution is -2.14. The van der Waals surface area contributed by atoms with Gasteiger partial charge in [0, 0.05) is 15.5 Å². The van der Waals surface area contributed by atoms with E-state index in [2.05, 4.69) is 11.6 Å². The molecule has 0 saturated heterocycles. The summed E-state index contributed by atoms with van der Waals surface area (Å²) in [6.45, 7) is 7.71. The molecule has 0 fully saturated rings. The maximum atomic E-state index is 5.53. The molecule has 0 radical (unpaired) electrons. The third-order valence-electron chi connectivity index (χ3n) is 1.36. The molecule has 2 nitrogen and oxygen atoms in total. The molecule has 0 unspecified atom stereocenters. The number of hydrogen-bond acceptors (Lipinski definition) is 3. The number of aliphatic imine (C=N–C) groups is 1.